The van der Waals surface area contributed by atoms with Crippen LogP contribution in [0, 0.1) is 10.1 Å². The Labute approximate surface area is 153 Å². The van der Waals surface area contributed by atoms with Crippen molar-refractivity contribution in [2.24, 2.45) is 0 Å². The molecule has 7 heteroatoms. The third-order valence-corrected chi connectivity index (χ3v) is 4.75. The fourth-order valence-corrected chi connectivity index (χ4v) is 3.37. The molecule has 0 bridgehead atoms. The molecule has 2 aromatic rings. The zero-order valence-corrected chi connectivity index (χ0v) is 14.9. The van der Waals surface area contributed by atoms with Crippen molar-refractivity contribution in [3.05, 3.63) is 52.3 Å². The minimum atomic E-state index is -0.399. The molecule has 1 fully saturated rings. The average molecular weight is 355 g/mol. The standard InChI is InChI=1S/C19H25N5O2/c25-24(26)17-18(20-13-12-15-8-4-3-5-9-15)21-14-22-19(17)23-16-10-6-1-2-7-11-16/h3-5,8-9,14,16H,1-2,6-7,10-13H2,(H2,20,21,22,23). The molecule has 138 valence electrons. The van der Waals surface area contributed by atoms with Gasteiger partial charge in [-0.25, -0.2) is 9.97 Å². The minimum Gasteiger partial charge on any atom is -0.364 e. The van der Waals surface area contributed by atoms with Crippen molar-refractivity contribution in [3.8, 4) is 0 Å². The van der Waals surface area contributed by atoms with E-state index < -0.39 is 4.92 Å². The van der Waals surface area contributed by atoms with Gasteiger partial charge in [-0.1, -0.05) is 56.0 Å². The largest absolute Gasteiger partial charge is 0.364 e. The lowest BCUT2D eigenvalue weighted by Gasteiger charge is -2.17. The predicted molar refractivity (Wildman–Crippen MR) is 102 cm³/mol. The van der Waals surface area contributed by atoms with Crippen molar-refractivity contribution in [1.29, 1.82) is 0 Å². The molecule has 0 aliphatic heterocycles. The molecule has 0 saturated heterocycles. The van der Waals surface area contributed by atoms with Gasteiger partial charge in [0.2, 0.25) is 11.6 Å². The summed E-state index contributed by atoms with van der Waals surface area (Å²) in [6, 6.07) is 10.2. The first kappa shape index (κ1) is 18.1. The molecule has 2 N–H and O–H groups in total. The molecule has 3 rings (SSSR count). The number of benzene rings is 1. The highest BCUT2D eigenvalue weighted by Gasteiger charge is 2.25. The van der Waals surface area contributed by atoms with Crippen LogP contribution in [0.25, 0.3) is 0 Å². The fraction of sp³-hybridized carbons (Fsp3) is 0.474. The van der Waals surface area contributed by atoms with Crippen molar-refractivity contribution in [1.82, 2.24) is 9.97 Å². The number of nitro groups is 1. The van der Waals surface area contributed by atoms with Crippen LogP contribution in [0.15, 0.2) is 36.7 Å². The summed E-state index contributed by atoms with van der Waals surface area (Å²) < 4.78 is 0. The highest BCUT2D eigenvalue weighted by molar-refractivity contribution is 5.69. The van der Waals surface area contributed by atoms with E-state index in [9.17, 15) is 10.1 Å². The van der Waals surface area contributed by atoms with Gasteiger partial charge < -0.3 is 10.6 Å². The highest BCUT2D eigenvalue weighted by Crippen LogP contribution is 2.31. The average Bonchev–Trinajstić information content (AvgIpc) is 2.91. The number of hydrogen-bond acceptors (Lipinski definition) is 6. The van der Waals surface area contributed by atoms with Gasteiger partial charge in [-0.2, -0.15) is 0 Å². The van der Waals surface area contributed by atoms with Crippen LogP contribution >= 0.6 is 0 Å². The van der Waals surface area contributed by atoms with Crippen LogP contribution in [-0.2, 0) is 6.42 Å². The van der Waals surface area contributed by atoms with E-state index in [1.807, 2.05) is 30.3 Å². The summed E-state index contributed by atoms with van der Waals surface area (Å²) in [7, 11) is 0. The van der Waals surface area contributed by atoms with Crippen molar-refractivity contribution in [3.63, 3.8) is 0 Å². The van der Waals surface area contributed by atoms with Crippen LogP contribution in [-0.4, -0.2) is 27.5 Å². The Balaban J connectivity index is 1.69. The molecule has 0 amide bonds. The van der Waals surface area contributed by atoms with E-state index in [4.69, 9.17) is 0 Å². The number of anilines is 2. The first-order chi connectivity index (χ1) is 12.7. The van der Waals surface area contributed by atoms with Gasteiger partial charge in [0.1, 0.15) is 6.33 Å². The Morgan fingerprint density at radius 2 is 1.73 bits per heavy atom. The van der Waals surface area contributed by atoms with Gasteiger partial charge in [0.15, 0.2) is 0 Å². The first-order valence-corrected chi connectivity index (χ1v) is 9.28. The van der Waals surface area contributed by atoms with Crippen molar-refractivity contribution < 1.29 is 4.92 Å². The van der Waals surface area contributed by atoms with Crippen molar-refractivity contribution in [2.45, 2.75) is 51.0 Å². The monoisotopic (exact) mass is 355 g/mol. The van der Waals surface area contributed by atoms with Gasteiger partial charge >= 0.3 is 5.69 Å². The zero-order chi connectivity index (χ0) is 18.2. The fourth-order valence-electron chi connectivity index (χ4n) is 3.37. The molecule has 1 aromatic heterocycles. The summed E-state index contributed by atoms with van der Waals surface area (Å²) in [5, 5.41) is 18.0. The second-order valence-corrected chi connectivity index (χ2v) is 6.67. The highest BCUT2D eigenvalue weighted by atomic mass is 16.6. The Kier molecular flexibility index (Phi) is 6.35. The molecule has 1 aliphatic rings. The number of nitrogens with zero attached hydrogens (tertiary/aromatic N) is 3. The SMILES string of the molecule is O=[N+]([O-])c1c(NCCc2ccccc2)ncnc1NC1CCCCCC1. The van der Waals surface area contributed by atoms with Gasteiger partial charge in [-0.3, -0.25) is 10.1 Å². The lowest BCUT2D eigenvalue weighted by Crippen LogP contribution is -2.21. The lowest BCUT2D eigenvalue weighted by atomic mass is 10.1. The van der Waals surface area contributed by atoms with Crippen LogP contribution in [0.4, 0.5) is 17.3 Å². The Bertz CT molecular complexity index is 715. The molecule has 0 radical (unpaired) electrons. The molecular formula is C19H25N5O2. The number of aromatic nitrogens is 2. The summed E-state index contributed by atoms with van der Waals surface area (Å²) in [5.74, 6) is 0.594. The van der Waals surface area contributed by atoms with Gasteiger partial charge in [-0.15, -0.1) is 0 Å². The second-order valence-electron chi connectivity index (χ2n) is 6.67. The number of nitrogens with one attached hydrogen (secondary N) is 2. The molecule has 0 spiro atoms. The maximum absolute atomic E-state index is 11.6. The lowest BCUT2D eigenvalue weighted by molar-refractivity contribution is -0.383. The summed E-state index contributed by atoms with van der Waals surface area (Å²) in [6.45, 7) is 0.574. The van der Waals surface area contributed by atoms with E-state index in [0.29, 0.717) is 12.4 Å². The summed E-state index contributed by atoms with van der Waals surface area (Å²) in [4.78, 5) is 19.5. The Morgan fingerprint density at radius 3 is 2.42 bits per heavy atom. The molecule has 1 heterocycles. The third-order valence-electron chi connectivity index (χ3n) is 4.75. The maximum Gasteiger partial charge on any atom is 0.353 e. The van der Waals surface area contributed by atoms with E-state index in [0.717, 1.165) is 32.1 Å². The second kappa shape index (κ2) is 9.12. The van der Waals surface area contributed by atoms with Crippen LogP contribution < -0.4 is 10.6 Å². The maximum atomic E-state index is 11.6. The quantitative estimate of drug-likeness (QED) is 0.440. The van der Waals surface area contributed by atoms with Gasteiger partial charge in [0, 0.05) is 12.6 Å². The molecular weight excluding hydrogens is 330 g/mol. The van der Waals surface area contributed by atoms with Crippen LogP contribution in [0.1, 0.15) is 44.1 Å². The van der Waals surface area contributed by atoms with E-state index in [2.05, 4.69) is 20.6 Å². The molecule has 0 atom stereocenters. The number of rotatable bonds is 7. The molecule has 26 heavy (non-hydrogen) atoms. The summed E-state index contributed by atoms with van der Waals surface area (Å²) >= 11 is 0. The normalized spacial score (nSPS) is 15.2. The zero-order valence-electron chi connectivity index (χ0n) is 14.9. The molecule has 1 aromatic carbocycles. The molecule has 0 unspecified atom stereocenters. The smallest absolute Gasteiger partial charge is 0.353 e. The van der Waals surface area contributed by atoms with Crippen molar-refractivity contribution >= 4 is 17.3 Å². The van der Waals surface area contributed by atoms with Crippen LogP contribution in [0.2, 0.25) is 0 Å². The van der Waals surface area contributed by atoms with Gasteiger partial charge in [-0.05, 0) is 24.8 Å². The third kappa shape index (κ3) is 4.91. The topological polar surface area (TPSA) is 93.0 Å². The van der Waals surface area contributed by atoms with Gasteiger partial charge in [0.25, 0.3) is 0 Å². The summed E-state index contributed by atoms with van der Waals surface area (Å²) in [6.07, 6.45) is 8.98. The van der Waals surface area contributed by atoms with Crippen LogP contribution in [0.5, 0.6) is 0 Å². The Morgan fingerprint density at radius 1 is 1.04 bits per heavy atom. The summed E-state index contributed by atoms with van der Waals surface area (Å²) in [5.41, 5.74) is 1.11. The number of hydrogen-bond donors (Lipinski definition) is 2. The van der Waals surface area contributed by atoms with E-state index in [1.165, 1.54) is 24.7 Å². The van der Waals surface area contributed by atoms with E-state index in [-0.39, 0.29) is 17.5 Å². The predicted octanol–water partition coefficient (Wildman–Crippen LogP) is 4.17. The minimum absolute atomic E-state index is 0.0650. The molecule has 1 saturated carbocycles. The van der Waals surface area contributed by atoms with Crippen LogP contribution in [0.3, 0.4) is 0 Å². The first-order valence-electron chi connectivity index (χ1n) is 9.28. The molecule has 1 aliphatic carbocycles. The Hall–Kier alpha value is -2.70. The molecule has 7 nitrogen and oxygen atoms in total. The van der Waals surface area contributed by atoms with E-state index in [1.54, 1.807) is 0 Å². The van der Waals surface area contributed by atoms with Crippen molar-refractivity contribution in [2.75, 3.05) is 17.2 Å². The van der Waals surface area contributed by atoms with Gasteiger partial charge in [0.05, 0.1) is 4.92 Å². The van der Waals surface area contributed by atoms with E-state index >= 15 is 0 Å².